The van der Waals surface area contributed by atoms with Crippen LogP contribution >= 0.6 is 11.8 Å². The van der Waals surface area contributed by atoms with Gasteiger partial charge in [0.2, 0.25) is 5.91 Å². The van der Waals surface area contributed by atoms with Gasteiger partial charge in [0, 0.05) is 29.4 Å². The molecule has 5 heteroatoms. The van der Waals surface area contributed by atoms with Crippen molar-refractivity contribution >= 4 is 29.0 Å². The summed E-state index contributed by atoms with van der Waals surface area (Å²) < 4.78 is 5.38. The van der Waals surface area contributed by atoms with Gasteiger partial charge in [-0.25, -0.2) is 0 Å². The summed E-state index contributed by atoms with van der Waals surface area (Å²) in [5.74, 6) is 0.0182. The van der Waals surface area contributed by atoms with Gasteiger partial charge in [0.1, 0.15) is 0 Å². The van der Waals surface area contributed by atoms with E-state index >= 15 is 0 Å². The topological polar surface area (TPSA) is 41.6 Å². The van der Waals surface area contributed by atoms with E-state index in [1.54, 1.807) is 11.8 Å². The van der Waals surface area contributed by atoms with Crippen LogP contribution in [0.4, 0.5) is 11.4 Å². The molecule has 1 unspecified atom stereocenters. The van der Waals surface area contributed by atoms with Gasteiger partial charge in [-0.2, -0.15) is 0 Å². The average molecular weight is 356 g/mol. The number of amides is 1. The number of thioether (sulfide) groups is 1. The van der Waals surface area contributed by atoms with Crippen molar-refractivity contribution in [3.05, 3.63) is 54.1 Å². The predicted molar refractivity (Wildman–Crippen MR) is 105 cm³/mol. The summed E-state index contributed by atoms with van der Waals surface area (Å²) in [6, 6.07) is 16.3. The molecule has 4 nitrogen and oxygen atoms in total. The number of carbonyl (C=O) groups is 1. The molecule has 132 valence electrons. The zero-order chi connectivity index (χ0) is 17.6. The fourth-order valence-corrected chi connectivity index (χ4v) is 3.56. The molecule has 0 bridgehead atoms. The highest BCUT2D eigenvalue weighted by Gasteiger charge is 2.15. The fraction of sp³-hybridized carbons (Fsp3) is 0.350. The minimum atomic E-state index is -0.151. The molecule has 1 saturated heterocycles. The fourth-order valence-electron chi connectivity index (χ4n) is 2.70. The Kier molecular flexibility index (Phi) is 6.00. The van der Waals surface area contributed by atoms with E-state index in [1.807, 2.05) is 19.1 Å². The highest BCUT2D eigenvalue weighted by atomic mass is 32.2. The SMILES string of the molecule is Cc1ccc(SC(C)C(=O)Nc2ccc(N3CCOCC3)cc2)cc1. The Bertz CT molecular complexity index is 695. The van der Waals surface area contributed by atoms with Crippen molar-refractivity contribution in [1.82, 2.24) is 0 Å². The number of benzene rings is 2. The van der Waals surface area contributed by atoms with Gasteiger partial charge < -0.3 is 15.0 Å². The highest BCUT2D eigenvalue weighted by Crippen LogP contribution is 2.25. The molecule has 0 aromatic heterocycles. The molecule has 0 saturated carbocycles. The van der Waals surface area contributed by atoms with Crippen LogP contribution in [-0.4, -0.2) is 37.5 Å². The quantitative estimate of drug-likeness (QED) is 0.824. The molecule has 25 heavy (non-hydrogen) atoms. The molecule has 1 aliphatic heterocycles. The molecule has 1 aliphatic rings. The lowest BCUT2D eigenvalue weighted by atomic mass is 10.2. The van der Waals surface area contributed by atoms with Crippen LogP contribution in [0.3, 0.4) is 0 Å². The van der Waals surface area contributed by atoms with Crippen molar-refractivity contribution in [2.24, 2.45) is 0 Å². The number of hydrogen-bond acceptors (Lipinski definition) is 4. The summed E-state index contributed by atoms with van der Waals surface area (Å²) in [5.41, 5.74) is 3.23. The number of nitrogens with one attached hydrogen (secondary N) is 1. The molecular formula is C20H24N2O2S. The third-order valence-electron chi connectivity index (χ3n) is 4.21. The van der Waals surface area contributed by atoms with Gasteiger partial charge in [0.15, 0.2) is 0 Å². The van der Waals surface area contributed by atoms with Crippen molar-refractivity contribution < 1.29 is 9.53 Å². The normalized spacial score (nSPS) is 15.7. The summed E-state index contributed by atoms with van der Waals surface area (Å²) in [6.07, 6.45) is 0. The van der Waals surface area contributed by atoms with Crippen LogP contribution in [0.15, 0.2) is 53.4 Å². The summed E-state index contributed by atoms with van der Waals surface area (Å²) in [4.78, 5) is 15.8. The zero-order valence-corrected chi connectivity index (χ0v) is 15.5. The summed E-state index contributed by atoms with van der Waals surface area (Å²) in [7, 11) is 0. The molecule has 0 aliphatic carbocycles. The molecule has 3 rings (SSSR count). The molecule has 1 fully saturated rings. The second-order valence-electron chi connectivity index (χ2n) is 6.21. The van der Waals surface area contributed by atoms with Gasteiger partial charge in [-0.3, -0.25) is 4.79 Å². The molecule has 0 radical (unpaired) electrons. The van der Waals surface area contributed by atoms with E-state index in [1.165, 1.54) is 11.3 Å². The van der Waals surface area contributed by atoms with Crippen molar-refractivity contribution in [3.63, 3.8) is 0 Å². The van der Waals surface area contributed by atoms with Gasteiger partial charge in [-0.1, -0.05) is 17.7 Å². The Morgan fingerprint density at radius 3 is 2.36 bits per heavy atom. The average Bonchev–Trinajstić information content (AvgIpc) is 2.65. The number of rotatable bonds is 5. The van der Waals surface area contributed by atoms with E-state index in [2.05, 4.69) is 53.5 Å². The van der Waals surface area contributed by atoms with E-state index in [4.69, 9.17) is 4.74 Å². The monoisotopic (exact) mass is 356 g/mol. The highest BCUT2D eigenvalue weighted by molar-refractivity contribution is 8.00. The number of carbonyl (C=O) groups excluding carboxylic acids is 1. The maximum Gasteiger partial charge on any atom is 0.237 e. The van der Waals surface area contributed by atoms with Crippen LogP contribution in [-0.2, 0) is 9.53 Å². The van der Waals surface area contributed by atoms with Crippen LogP contribution in [0.2, 0.25) is 0 Å². The largest absolute Gasteiger partial charge is 0.378 e. The summed E-state index contributed by atoms with van der Waals surface area (Å²) >= 11 is 1.57. The minimum absolute atomic E-state index is 0.0182. The number of anilines is 2. The van der Waals surface area contributed by atoms with E-state index in [0.717, 1.165) is 36.9 Å². The molecule has 2 aromatic carbocycles. The Hall–Kier alpha value is -1.98. The second kappa shape index (κ2) is 8.41. The van der Waals surface area contributed by atoms with Crippen molar-refractivity contribution in [2.45, 2.75) is 24.0 Å². The Morgan fingerprint density at radius 1 is 1.08 bits per heavy atom. The minimum Gasteiger partial charge on any atom is -0.378 e. The van der Waals surface area contributed by atoms with Crippen molar-refractivity contribution in [3.8, 4) is 0 Å². The van der Waals surface area contributed by atoms with Gasteiger partial charge in [-0.05, 0) is 50.2 Å². The second-order valence-corrected chi connectivity index (χ2v) is 7.62. The third-order valence-corrected chi connectivity index (χ3v) is 5.33. The van der Waals surface area contributed by atoms with Crippen molar-refractivity contribution in [2.75, 3.05) is 36.5 Å². The van der Waals surface area contributed by atoms with Crippen LogP contribution in [0.5, 0.6) is 0 Å². The van der Waals surface area contributed by atoms with Gasteiger partial charge in [0.05, 0.1) is 18.5 Å². The Labute approximate surface area is 153 Å². The molecule has 1 N–H and O–H groups in total. The van der Waals surface area contributed by atoms with Crippen LogP contribution < -0.4 is 10.2 Å². The van der Waals surface area contributed by atoms with Crippen LogP contribution in [0, 0.1) is 6.92 Å². The van der Waals surface area contributed by atoms with E-state index < -0.39 is 0 Å². The lowest BCUT2D eigenvalue weighted by Crippen LogP contribution is -2.36. The Balaban J connectivity index is 1.55. The molecular weight excluding hydrogens is 332 g/mol. The first-order chi connectivity index (χ1) is 12.1. The third kappa shape index (κ3) is 5.00. The van der Waals surface area contributed by atoms with Crippen LogP contribution in [0.1, 0.15) is 12.5 Å². The lowest BCUT2D eigenvalue weighted by Gasteiger charge is -2.28. The number of hydrogen-bond donors (Lipinski definition) is 1. The lowest BCUT2D eigenvalue weighted by molar-refractivity contribution is -0.115. The standard InChI is InChI=1S/C20H24N2O2S/c1-15-3-9-19(10-4-15)25-16(2)20(23)21-17-5-7-18(8-6-17)22-11-13-24-14-12-22/h3-10,16H,11-14H2,1-2H3,(H,21,23). The molecule has 1 amide bonds. The maximum absolute atomic E-state index is 12.4. The van der Waals surface area contributed by atoms with Gasteiger partial charge in [0.25, 0.3) is 0 Å². The van der Waals surface area contributed by atoms with Crippen LogP contribution in [0.25, 0.3) is 0 Å². The number of ether oxygens (including phenoxy) is 1. The first kappa shape index (κ1) is 17.8. The molecule has 1 heterocycles. The predicted octanol–water partition coefficient (Wildman–Crippen LogP) is 3.95. The molecule has 0 spiro atoms. The first-order valence-electron chi connectivity index (χ1n) is 8.59. The summed E-state index contributed by atoms with van der Waals surface area (Å²) in [6.45, 7) is 7.36. The van der Waals surface area contributed by atoms with E-state index in [0.29, 0.717) is 0 Å². The van der Waals surface area contributed by atoms with E-state index in [-0.39, 0.29) is 11.2 Å². The molecule has 2 aromatic rings. The number of morpholine rings is 1. The van der Waals surface area contributed by atoms with Gasteiger partial charge in [-0.15, -0.1) is 11.8 Å². The first-order valence-corrected chi connectivity index (χ1v) is 9.47. The molecule has 1 atom stereocenters. The zero-order valence-electron chi connectivity index (χ0n) is 14.7. The number of nitrogens with zero attached hydrogens (tertiary/aromatic N) is 1. The number of aryl methyl sites for hydroxylation is 1. The maximum atomic E-state index is 12.4. The van der Waals surface area contributed by atoms with E-state index in [9.17, 15) is 4.79 Å². The van der Waals surface area contributed by atoms with Crippen molar-refractivity contribution in [1.29, 1.82) is 0 Å². The smallest absolute Gasteiger partial charge is 0.237 e. The van der Waals surface area contributed by atoms with Gasteiger partial charge >= 0.3 is 0 Å². The summed E-state index contributed by atoms with van der Waals surface area (Å²) in [5, 5.41) is 2.85. The Morgan fingerprint density at radius 2 is 1.72 bits per heavy atom.